The topological polar surface area (TPSA) is 33.3 Å². The fourth-order valence-electron chi connectivity index (χ4n) is 3.00. The van der Waals surface area contributed by atoms with Crippen molar-refractivity contribution in [2.24, 2.45) is 0 Å². The molecule has 2 aliphatic heterocycles. The molecule has 0 amide bonds. The smallest absolute Gasteiger partial charge is 0.0742 e. The highest BCUT2D eigenvalue weighted by molar-refractivity contribution is 7.99. The van der Waals surface area contributed by atoms with Crippen LogP contribution >= 0.6 is 11.8 Å². The van der Waals surface area contributed by atoms with Crippen LogP contribution in [0.4, 0.5) is 0 Å². The molecular weight excluding hydrogens is 268 g/mol. The van der Waals surface area contributed by atoms with Crippen LogP contribution in [0.25, 0.3) is 0 Å². The van der Waals surface area contributed by atoms with Crippen LogP contribution in [0.1, 0.15) is 36.8 Å². The largest absolute Gasteiger partial charge is 0.377 e. The van der Waals surface area contributed by atoms with Crippen molar-refractivity contribution in [3.8, 4) is 0 Å². The van der Waals surface area contributed by atoms with Gasteiger partial charge >= 0.3 is 0 Å². The number of aryl methyl sites for hydroxylation is 1. The highest BCUT2D eigenvalue weighted by Crippen LogP contribution is 2.26. The minimum absolute atomic E-state index is 0.422. The third kappa shape index (κ3) is 3.76. The lowest BCUT2D eigenvalue weighted by Crippen LogP contribution is -2.54. The van der Waals surface area contributed by atoms with Crippen molar-refractivity contribution in [1.29, 1.82) is 0 Å². The van der Waals surface area contributed by atoms with Gasteiger partial charge in [-0.15, -0.1) is 11.8 Å². The highest BCUT2D eigenvalue weighted by Gasteiger charge is 2.29. The van der Waals surface area contributed by atoms with E-state index in [0.29, 0.717) is 17.5 Å². The second-order valence-electron chi connectivity index (χ2n) is 5.81. The fraction of sp³-hybridized carbons (Fsp3) is 0.625. The average Bonchev–Trinajstić information content (AvgIpc) is 3.00. The second kappa shape index (κ2) is 6.94. The van der Waals surface area contributed by atoms with E-state index < -0.39 is 0 Å². The van der Waals surface area contributed by atoms with Gasteiger partial charge in [0, 0.05) is 18.4 Å². The van der Waals surface area contributed by atoms with Gasteiger partial charge in [0.05, 0.1) is 11.5 Å². The molecule has 0 aliphatic carbocycles. The van der Waals surface area contributed by atoms with Gasteiger partial charge in [-0.05, 0) is 38.2 Å². The Morgan fingerprint density at radius 1 is 1.25 bits per heavy atom. The third-order valence-corrected chi connectivity index (χ3v) is 5.37. The maximum atomic E-state index is 5.76. The molecule has 2 fully saturated rings. The molecule has 1 aromatic carbocycles. The molecule has 4 heteroatoms. The van der Waals surface area contributed by atoms with E-state index in [1.165, 1.54) is 36.8 Å². The second-order valence-corrected chi connectivity index (χ2v) is 7.00. The Morgan fingerprint density at radius 3 is 2.90 bits per heavy atom. The summed E-state index contributed by atoms with van der Waals surface area (Å²) in [6, 6.07) is 9.28. The van der Waals surface area contributed by atoms with Crippen LogP contribution < -0.4 is 10.9 Å². The number of hydrazine groups is 1. The van der Waals surface area contributed by atoms with Gasteiger partial charge < -0.3 is 4.74 Å². The molecular formula is C16H24N2OS. The fourth-order valence-corrected chi connectivity index (χ4v) is 4.03. The maximum absolute atomic E-state index is 5.76. The van der Waals surface area contributed by atoms with Crippen LogP contribution in [0, 0.1) is 6.92 Å². The van der Waals surface area contributed by atoms with Gasteiger partial charge in [0.25, 0.3) is 0 Å². The van der Waals surface area contributed by atoms with E-state index in [4.69, 9.17) is 4.74 Å². The summed E-state index contributed by atoms with van der Waals surface area (Å²) < 4.78 is 5.76. The van der Waals surface area contributed by atoms with Gasteiger partial charge in [-0.1, -0.05) is 29.8 Å². The Labute approximate surface area is 125 Å². The molecule has 3 rings (SSSR count). The predicted molar refractivity (Wildman–Crippen MR) is 84.5 cm³/mol. The Balaban J connectivity index is 1.42. The Bertz CT molecular complexity index is 426. The molecule has 0 bridgehead atoms. The first kappa shape index (κ1) is 14.4. The molecule has 0 radical (unpaired) electrons. The normalized spacial score (nSPS) is 30.6. The van der Waals surface area contributed by atoms with Crippen molar-refractivity contribution < 1.29 is 4.74 Å². The lowest BCUT2D eigenvalue weighted by Gasteiger charge is -2.33. The number of hydrogen-bond acceptors (Lipinski definition) is 4. The summed E-state index contributed by atoms with van der Waals surface area (Å²) in [7, 11) is 0. The van der Waals surface area contributed by atoms with Crippen LogP contribution in [0.15, 0.2) is 24.3 Å². The van der Waals surface area contributed by atoms with E-state index in [2.05, 4.69) is 42.0 Å². The summed E-state index contributed by atoms with van der Waals surface area (Å²) in [6.07, 6.45) is 5.27. The number of rotatable bonds is 4. The first-order valence-corrected chi connectivity index (χ1v) is 8.66. The van der Waals surface area contributed by atoms with E-state index in [-0.39, 0.29) is 0 Å². The zero-order valence-corrected chi connectivity index (χ0v) is 12.9. The van der Waals surface area contributed by atoms with Gasteiger partial charge in [0.1, 0.15) is 0 Å². The van der Waals surface area contributed by atoms with Gasteiger partial charge in [-0.3, -0.25) is 5.43 Å². The van der Waals surface area contributed by atoms with Crippen molar-refractivity contribution in [2.75, 3.05) is 6.61 Å². The Kier molecular flexibility index (Phi) is 4.99. The quantitative estimate of drug-likeness (QED) is 0.894. The lowest BCUT2D eigenvalue weighted by atomic mass is 10.0. The number of hydrogen-bond donors (Lipinski definition) is 2. The molecule has 2 saturated heterocycles. The van der Waals surface area contributed by atoms with E-state index in [9.17, 15) is 0 Å². The van der Waals surface area contributed by atoms with E-state index >= 15 is 0 Å². The molecule has 20 heavy (non-hydrogen) atoms. The van der Waals surface area contributed by atoms with Crippen LogP contribution in [0.2, 0.25) is 0 Å². The molecule has 3 unspecified atom stereocenters. The molecule has 110 valence electrons. The zero-order chi connectivity index (χ0) is 13.8. The average molecular weight is 292 g/mol. The van der Waals surface area contributed by atoms with Crippen molar-refractivity contribution in [3.05, 3.63) is 35.4 Å². The molecule has 3 nitrogen and oxygen atoms in total. The van der Waals surface area contributed by atoms with E-state index in [1.54, 1.807) is 0 Å². The summed E-state index contributed by atoms with van der Waals surface area (Å²) in [5.41, 5.74) is 9.69. The van der Waals surface area contributed by atoms with Gasteiger partial charge in [0.2, 0.25) is 0 Å². The minimum atomic E-state index is 0.422. The van der Waals surface area contributed by atoms with Crippen molar-refractivity contribution in [2.45, 2.75) is 55.9 Å². The molecule has 2 aliphatic rings. The summed E-state index contributed by atoms with van der Waals surface area (Å²) in [5, 5.41) is 0.508. The minimum Gasteiger partial charge on any atom is -0.377 e. The molecule has 3 atom stereocenters. The number of ether oxygens (including phenoxy) is 1. The van der Waals surface area contributed by atoms with Gasteiger partial charge in [-0.2, -0.15) is 0 Å². The molecule has 2 heterocycles. The Hall–Kier alpha value is -0.550. The molecule has 0 spiro atoms. The van der Waals surface area contributed by atoms with Crippen LogP contribution in [0.5, 0.6) is 0 Å². The van der Waals surface area contributed by atoms with Crippen molar-refractivity contribution >= 4 is 11.8 Å². The summed E-state index contributed by atoms with van der Waals surface area (Å²) in [4.78, 5) is 0. The third-order valence-electron chi connectivity index (χ3n) is 4.12. The first-order valence-electron chi connectivity index (χ1n) is 7.61. The van der Waals surface area contributed by atoms with E-state index in [0.717, 1.165) is 12.4 Å². The van der Waals surface area contributed by atoms with Gasteiger partial charge in [0.15, 0.2) is 0 Å². The molecule has 0 saturated carbocycles. The molecule has 2 N–H and O–H groups in total. The lowest BCUT2D eigenvalue weighted by molar-refractivity contribution is 0.0611. The highest BCUT2D eigenvalue weighted by atomic mass is 32.2. The zero-order valence-electron chi connectivity index (χ0n) is 12.1. The van der Waals surface area contributed by atoms with Crippen LogP contribution in [-0.2, 0) is 10.5 Å². The summed E-state index contributed by atoms with van der Waals surface area (Å²) in [6.45, 7) is 3.09. The molecule has 1 aromatic rings. The number of nitrogens with one attached hydrogen (secondary N) is 2. The number of thioether (sulfide) groups is 1. The maximum Gasteiger partial charge on any atom is 0.0742 e. The monoisotopic (exact) mass is 292 g/mol. The first-order chi connectivity index (χ1) is 9.81. The van der Waals surface area contributed by atoms with Crippen molar-refractivity contribution in [3.63, 3.8) is 0 Å². The standard InChI is InChI=1S/C16H24N2OS/c1-12-4-2-5-13(10-12)11-20-16-8-7-14(17-18-16)15-6-3-9-19-15/h2,4-5,10,14-18H,3,6-9,11H2,1H3. The van der Waals surface area contributed by atoms with Crippen molar-refractivity contribution in [1.82, 2.24) is 10.9 Å². The summed E-state index contributed by atoms with van der Waals surface area (Å²) in [5.74, 6) is 1.08. The SMILES string of the molecule is Cc1cccc(CSC2CCC(C3CCCO3)NN2)c1. The summed E-state index contributed by atoms with van der Waals surface area (Å²) >= 11 is 1.99. The van der Waals surface area contributed by atoms with E-state index in [1.807, 2.05) is 11.8 Å². The van der Waals surface area contributed by atoms with Crippen LogP contribution in [-0.4, -0.2) is 24.1 Å². The predicted octanol–water partition coefficient (Wildman–Crippen LogP) is 2.99. The number of benzene rings is 1. The van der Waals surface area contributed by atoms with Gasteiger partial charge in [-0.25, -0.2) is 5.43 Å². The molecule has 0 aromatic heterocycles. The Morgan fingerprint density at radius 2 is 2.20 bits per heavy atom. The van der Waals surface area contributed by atoms with Crippen LogP contribution in [0.3, 0.4) is 0 Å².